The summed E-state index contributed by atoms with van der Waals surface area (Å²) in [6, 6.07) is 2.72. The molecule has 0 saturated heterocycles. The lowest BCUT2D eigenvalue weighted by atomic mass is 10.1. The van der Waals surface area contributed by atoms with Crippen molar-refractivity contribution in [2.75, 3.05) is 5.73 Å². The highest BCUT2D eigenvalue weighted by molar-refractivity contribution is 6.31. The molecule has 0 amide bonds. The van der Waals surface area contributed by atoms with Gasteiger partial charge in [0.25, 0.3) is 0 Å². The van der Waals surface area contributed by atoms with Gasteiger partial charge in [0.05, 0.1) is 10.6 Å². The van der Waals surface area contributed by atoms with Gasteiger partial charge in [-0.15, -0.1) is 0 Å². The van der Waals surface area contributed by atoms with Crippen molar-refractivity contribution in [1.82, 2.24) is 0 Å². The lowest BCUT2D eigenvalue weighted by Gasteiger charge is -2.03. The Bertz CT molecular complexity index is 338. The predicted octanol–water partition coefficient (Wildman–Crippen LogP) is 2.26. The van der Waals surface area contributed by atoms with Crippen molar-refractivity contribution in [3.8, 4) is 0 Å². The molecule has 0 aliphatic heterocycles. The first kappa shape index (κ1) is 9.00. The van der Waals surface area contributed by atoms with Crippen molar-refractivity contribution in [1.29, 1.82) is 0 Å². The third-order valence-corrected chi connectivity index (χ3v) is 1.77. The number of benzene rings is 1. The Labute approximate surface area is 74.1 Å². The molecule has 0 fully saturated rings. The molecule has 0 bridgehead atoms. The van der Waals surface area contributed by atoms with E-state index in [1.807, 2.05) is 0 Å². The van der Waals surface area contributed by atoms with Crippen molar-refractivity contribution < 1.29 is 9.18 Å². The fraction of sp³-hybridized carbons (Fsp3) is 0.125. The molecule has 12 heavy (non-hydrogen) atoms. The van der Waals surface area contributed by atoms with Crippen LogP contribution in [-0.4, -0.2) is 5.78 Å². The Morgan fingerprint density at radius 3 is 2.58 bits per heavy atom. The first-order chi connectivity index (χ1) is 5.54. The fourth-order valence-corrected chi connectivity index (χ4v) is 1.08. The molecule has 1 aromatic carbocycles. The smallest absolute Gasteiger partial charge is 0.164 e. The molecule has 0 heterocycles. The summed E-state index contributed by atoms with van der Waals surface area (Å²) in [6.45, 7) is 1.24. The first-order valence-electron chi connectivity index (χ1n) is 3.28. The summed E-state index contributed by atoms with van der Waals surface area (Å²) < 4.78 is 13.1. The summed E-state index contributed by atoms with van der Waals surface area (Å²) in [5, 5.41) is -0.0885. The lowest BCUT2D eigenvalue weighted by Crippen LogP contribution is -2.03. The van der Waals surface area contributed by atoms with Crippen LogP contribution in [-0.2, 0) is 0 Å². The summed E-state index contributed by atoms with van der Waals surface area (Å²) in [4.78, 5) is 10.9. The number of anilines is 1. The number of ketones is 1. The lowest BCUT2D eigenvalue weighted by molar-refractivity contribution is 0.101. The van der Waals surface area contributed by atoms with Gasteiger partial charge in [0.2, 0.25) is 0 Å². The van der Waals surface area contributed by atoms with Crippen LogP contribution in [0, 0.1) is 5.82 Å². The van der Waals surface area contributed by atoms with E-state index in [4.69, 9.17) is 17.3 Å². The first-order valence-corrected chi connectivity index (χ1v) is 3.66. The monoisotopic (exact) mass is 187 g/mol. The van der Waals surface area contributed by atoms with Crippen LogP contribution in [0.1, 0.15) is 17.3 Å². The number of hydrogen-bond donors (Lipinski definition) is 1. The van der Waals surface area contributed by atoms with Gasteiger partial charge in [0.15, 0.2) is 11.6 Å². The molecule has 0 radical (unpaired) electrons. The standard InChI is InChI=1S/C8H7ClFNO/c1-4(12)7-6(11)3-2-5(9)8(7)10/h2-3H,11H2,1H3. The molecule has 0 unspecified atom stereocenters. The third kappa shape index (κ3) is 1.41. The molecule has 0 spiro atoms. The van der Waals surface area contributed by atoms with Gasteiger partial charge < -0.3 is 5.73 Å². The minimum absolute atomic E-state index is 0.0885. The molecule has 4 heteroatoms. The summed E-state index contributed by atoms with van der Waals surface area (Å²) in [5.41, 5.74) is 5.35. The van der Waals surface area contributed by atoms with Gasteiger partial charge >= 0.3 is 0 Å². The van der Waals surface area contributed by atoms with E-state index in [1.54, 1.807) is 0 Å². The van der Waals surface area contributed by atoms with E-state index in [-0.39, 0.29) is 16.3 Å². The van der Waals surface area contributed by atoms with Crippen LogP contribution in [0.2, 0.25) is 5.02 Å². The zero-order valence-electron chi connectivity index (χ0n) is 6.40. The maximum Gasteiger partial charge on any atom is 0.164 e. The van der Waals surface area contributed by atoms with Crippen molar-refractivity contribution in [2.45, 2.75) is 6.92 Å². The average molecular weight is 188 g/mol. The summed E-state index contributed by atoms with van der Waals surface area (Å²) in [6.07, 6.45) is 0. The fourth-order valence-electron chi connectivity index (χ4n) is 0.923. The number of Topliss-reactive ketones (excluding diaryl/α,β-unsaturated/α-hetero) is 1. The predicted molar refractivity (Wildman–Crippen MR) is 45.8 cm³/mol. The van der Waals surface area contributed by atoms with E-state index in [2.05, 4.69) is 0 Å². The second-order valence-electron chi connectivity index (χ2n) is 2.38. The van der Waals surface area contributed by atoms with E-state index >= 15 is 0 Å². The Kier molecular flexibility index (Phi) is 2.33. The van der Waals surface area contributed by atoms with E-state index < -0.39 is 11.6 Å². The summed E-state index contributed by atoms with van der Waals surface area (Å²) in [5.74, 6) is -1.17. The van der Waals surface area contributed by atoms with Crippen molar-refractivity contribution in [3.05, 3.63) is 28.5 Å². The third-order valence-electron chi connectivity index (χ3n) is 1.48. The Morgan fingerprint density at radius 2 is 2.17 bits per heavy atom. The van der Waals surface area contributed by atoms with Gasteiger partial charge in [-0.25, -0.2) is 4.39 Å². The molecule has 0 aromatic heterocycles. The van der Waals surface area contributed by atoms with E-state index in [0.29, 0.717) is 0 Å². The van der Waals surface area contributed by atoms with E-state index in [9.17, 15) is 9.18 Å². The normalized spacial score (nSPS) is 9.92. The molecule has 2 N–H and O–H groups in total. The topological polar surface area (TPSA) is 43.1 Å². The van der Waals surface area contributed by atoms with Crippen LogP contribution in [0.15, 0.2) is 12.1 Å². The van der Waals surface area contributed by atoms with Crippen LogP contribution in [0.4, 0.5) is 10.1 Å². The number of halogens is 2. The highest BCUT2D eigenvalue weighted by Gasteiger charge is 2.13. The summed E-state index contributed by atoms with van der Waals surface area (Å²) in [7, 11) is 0. The molecule has 0 aliphatic rings. The molecule has 2 nitrogen and oxygen atoms in total. The molecular weight excluding hydrogens is 181 g/mol. The van der Waals surface area contributed by atoms with E-state index in [1.165, 1.54) is 19.1 Å². The highest BCUT2D eigenvalue weighted by atomic mass is 35.5. The van der Waals surface area contributed by atoms with Crippen LogP contribution in [0.25, 0.3) is 0 Å². The molecule has 1 aromatic rings. The number of carbonyl (C=O) groups is 1. The Balaban J connectivity index is 3.43. The molecular formula is C8H7ClFNO. The number of hydrogen-bond acceptors (Lipinski definition) is 2. The summed E-state index contributed by atoms with van der Waals surface area (Å²) >= 11 is 5.45. The van der Waals surface area contributed by atoms with Gasteiger partial charge in [0.1, 0.15) is 0 Å². The molecule has 1 rings (SSSR count). The van der Waals surface area contributed by atoms with Gasteiger partial charge in [-0.2, -0.15) is 0 Å². The zero-order chi connectivity index (χ0) is 9.30. The average Bonchev–Trinajstić information content (AvgIpc) is 1.97. The number of nitrogen functional groups attached to an aromatic ring is 1. The van der Waals surface area contributed by atoms with Crippen LogP contribution in [0.3, 0.4) is 0 Å². The maximum atomic E-state index is 13.1. The van der Waals surface area contributed by atoms with Crippen LogP contribution >= 0.6 is 11.6 Å². The maximum absolute atomic E-state index is 13.1. The van der Waals surface area contributed by atoms with Crippen molar-refractivity contribution >= 4 is 23.1 Å². The van der Waals surface area contributed by atoms with Crippen molar-refractivity contribution in [2.24, 2.45) is 0 Å². The van der Waals surface area contributed by atoms with Gasteiger partial charge in [-0.05, 0) is 19.1 Å². The minimum atomic E-state index is -0.746. The minimum Gasteiger partial charge on any atom is -0.398 e. The quantitative estimate of drug-likeness (QED) is 0.541. The van der Waals surface area contributed by atoms with Crippen molar-refractivity contribution in [3.63, 3.8) is 0 Å². The number of carbonyl (C=O) groups excluding carboxylic acids is 1. The number of nitrogens with two attached hydrogens (primary N) is 1. The highest BCUT2D eigenvalue weighted by Crippen LogP contribution is 2.23. The van der Waals surface area contributed by atoms with E-state index in [0.717, 1.165) is 0 Å². The number of rotatable bonds is 1. The SMILES string of the molecule is CC(=O)c1c(N)ccc(Cl)c1F. The van der Waals surface area contributed by atoms with Gasteiger partial charge in [0, 0.05) is 5.69 Å². The molecule has 64 valence electrons. The molecule has 0 atom stereocenters. The Morgan fingerprint density at radius 1 is 1.58 bits per heavy atom. The Hall–Kier alpha value is -1.09. The second-order valence-corrected chi connectivity index (χ2v) is 2.79. The zero-order valence-corrected chi connectivity index (χ0v) is 7.15. The largest absolute Gasteiger partial charge is 0.398 e. The molecule has 0 saturated carbocycles. The molecule has 0 aliphatic carbocycles. The second kappa shape index (κ2) is 3.11. The van der Waals surface area contributed by atoms with Crippen LogP contribution in [0.5, 0.6) is 0 Å². The van der Waals surface area contributed by atoms with Crippen LogP contribution < -0.4 is 5.73 Å². The van der Waals surface area contributed by atoms with Gasteiger partial charge in [-0.1, -0.05) is 11.6 Å². The van der Waals surface area contributed by atoms with Gasteiger partial charge in [-0.3, -0.25) is 4.79 Å².